The maximum atomic E-state index is 2.56. The van der Waals surface area contributed by atoms with Crippen molar-refractivity contribution < 1.29 is 0 Å². The Morgan fingerprint density at radius 1 is 0.296 bits per heavy atom. The molecule has 0 N–H and O–H groups in total. The van der Waals surface area contributed by atoms with Crippen LogP contribution in [0, 0.1) is 0 Å². The summed E-state index contributed by atoms with van der Waals surface area (Å²) in [5.74, 6) is 0. The minimum atomic E-state index is -0.534. The summed E-state index contributed by atoms with van der Waals surface area (Å²) >= 11 is 0. The first-order valence-corrected chi connectivity index (χ1v) is 24.6. The molecule has 1 aromatic heterocycles. The second-order valence-corrected chi connectivity index (χ2v) is 18.7. The normalized spacial score (nSPS) is 12.6. The summed E-state index contributed by atoms with van der Waals surface area (Å²) in [6.45, 7) is 0. The number of hydrogen-bond donors (Lipinski definition) is 0. The molecule has 12 aromatic carbocycles. The lowest BCUT2D eigenvalue weighted by Gasteiger charge is -2.34. The number of hydrogen-bond acceptors (Lipinski definition) is 1. The molecule has 0 unspecified atom stereocenters. The molecule has 0 radical (unpaired) electrons. The van der Waals surface area contributed by atoms with E-state index in [1.165, 1.54) is 93.4 Å². The van der Waals surface area contributed by atoms with Crippen LogP contribution < -0.4 is 4.90 Å². The van der Waals surface area contributed by atoms with E-state index in [0.29, 0.717) is 0 Å². The van der Waals surface area contributed by atoms with Crippen LogP contribution in [0.5, 0.6) is 0 Å². The highest BCUT2D eigenvalue weighted by Crippen LogP contribution is 2.57. The summed E-state index contributed by atoms with van der Waals surface area (Å²) in [7, 11) is 0. The highest BCUT2D eigenvalue weighted by atomic mass is 15.1. The van der Waals surface area contributed by atoms with Gasteiger partial charge in [0.25, 0.3) is 0 Å². The van der Waals surface area contributed by atoms with Crippen LogP contribution in [0.1, 0.15) is 22.3 Å². The predicted molar refractivity (Wildman–Crippen MR) is 299 cm³/mol. The third kappa shape index (κ3) is 6.28. The Labute approximate surface area is 413 Å². The number of para-hydroxylation sites is 3. The zero-order chi connectivity index (χ0) is 46.9. The first kappa shape index (κ1) is 40.8. The van der Waals surface area contributed by atoms with Crippen molar-refractivity contribution in [3.05, 3.63) is 301 Å². The van der Waals surface area contributed by atoms with Crippen LogP contribution in [0.15, 0.2) is 279 Å². The standard InChI is InChI=1S/C69H46N2/c1-5-25-49(26-6-1)69(50-27-7-2-8-28-50)63-39-21-19-36-57(63)58-42-41-53(45-64(58)69)71-66-44-48-24-14-13-23-47(48)43-62(66)68-60-38-18-17-35-56(60)61(46-67(68)71)55-34-16-15-33-54(55)59-37-20-22-40-65(59)70(51-29-9-3-10-30-51)52-31-11-4-12-32-52/h1-46H. The molecule has 0 saturated heterocycles. The third-order valence-corrected chi connectivity index (χ3v) is 15.0. The summed E-state index contributed by atoms with van der Waals surface area (Å²) in [4.78, 5) is 2.38. The molecule has 2 nitrogen and oxygen atoms in total. The second kappa shape index (κ2) is 16.5. The molecule has 2 heteroatoms. The van der Waals surface area contributed by atoms with Gasteiger partial charge in [-0.1, -0.05) is 218 Å². The van der Waals surface area contributed by atoms with E-state index < -0.39 is 5.41 Å². The Balaban J connectivity index is 1.07. The molecule has 1 heterocycles. The SMILES string of the molecule is c1ccc(N(c2ccccc2)c2ccccc2-c2ccccc2-c2cc3c(c4ccccc24)c2cc4ccccc4cc2n3-c2ccc3c(c2)C(c2ccccc2)(c2ccccc2)c2ccccc2-3)cc1. The molecular weight excluding hydrogens is 857 g/mol. The highest BCUT2D eigenvalue weighted by molar-refractivity contribution is 6.26. The predicted octanol–water partition coefficient (Wildman–Crippen LogP) is 18.3. The summed E-state index contributed by atoms with van der Waals surface area (Å²) in [5.41, 5.74) is 18.6. The van der Waals surface area contributed by atoms with Gasteiger partial charge in [-0.3, -0.25) is 0 Å². The van der Waals surface area contributed by atoms with Crippen LogP contribution in [-0.2, 0) is 5.41 Å². The molecule has 0 aliphatic heterocycles. The molecule has 71 heavy (non-hydrogen) atoms. The van der Waals surface area contributed by atoms with Crippen LogP contribution in [0.3, 0.4) is 0 Å². The smallest absolute Gasteiger partial charge is 0.0714 e. The monoisotopic (exact) mass is 902 g/mol. The summed E-state index contributed by atoms with van der Waals surface area (Å²) < 4.78 is 2.56. The van der Waals surface area contributed by atoms with Crippen molar-refractivity contribution in [2.24, 2.45) is 0 Å². The summed E-state index contributed by atoms with van der Waals surface area (Å²) in [5, 5.41) is 7.39. The van der Waals surface area contributed by atoms with E-state index in [4.69, 9.17) is 0 Å². The zero-order valence-corrected chi connectivity index (χ0v) is 39.0. The molecule has 0 atom stereocenters. The fraction of sp³-hybridized carbons (Fsp3) is 0.0145. The molecule has 0 amide bonds. The fourth-order valence-corrected chi connectivity index (χ4v) is 12.1. The van der Waals surface area contributed by atoms with Gasteiger partial charge in [-0.15, -0.1) is 0 Å². The maximum absolute atomic E-state index is 2.56. The van der Waals surface area contributed by atoms with Crippen molar-refractivity contribution in [2.45, 2.75) is 5.41 Å². The van der Waals surface area contributed by atoms with E-state index in [2.05, 4.69) is 289 Å². The first-order valence-electron chi connectivity index (χ1n) is 24.6. The van der Waals surface area contributed by atoms with Crippen molar-refractivity contribution in [1.82, 2.24) is 4.57 Å². The van der Waals surface area contributed by atoms with Gasteiger partial charge in [-0.25, -0.2) is 0 Å². The van der Waals surface area contributed by atoms with E-state index in [0.717, 1.165) is 28.3 Å². The molecule has 1 aliphatic carbocycles. The molecule has 14 rings (SSSR count). The van der Waals surface area contributed by atoms with Crippen LogP contribution in [0.2, 0.25) is 0 Å². The number of aromatic nitrogens is 1. The van der Waals surface area contributed by atoms with Crippen LogP contribution in [0.4, 0.5) is 17.1 Å². The van der Waals surface area contributed by atoms with Crippen molar-refractivity contribution >= 4 is 60.4 Å². The van der Waals surface area contributed by atoms with E-state index in [-0.39, 0.29) is 0 Å². The lowest BCUT2D eigenvalue weighted by Crippen LogP contribution is -2.28. The first-order chi connectivity index (χ1) is 35.3. The average molecular weight is 903 g/mol. The third-order valence-electron chi connectivity index (χ3n) is 15.0. The van der Waals surface area contributed by atoms with Gasteiger partial charge in [0, 0.05) is 33.4 Å². The number of anilines is 3. The fourth-order valence-electron chi connectivity index (χ4n) is 12.1. The Bertz CT molecular complexity index is 4080. The van der Waals surface area contributed by atoms with Gasteiger partial charge in [-0.2, -0.15) is 0 Å². The minimum absolute atomic E-state index is 0.534. The van der Waals surface area contributed by atoms with E-state index in [1.54, 1.807) is 0 Å². The van der Waals surface area contributed by atoms with E-state index >= 15 is 0 Å². The number of rotatable bonds is 8. The molecule has 332 valence electrons. The topological polar surface area (TPSA) is 8.17 Å². The van der Waals surface area contributed by atoms with E-state index in [9.17, 15) is 0 Å². The minimum Gasteiger partial charge on any atom is -0.310 e. The van der Waals surface area contributed by atoms with Crippen LogP contribution >= 0.6 is 0 Å². The van der Waals surface area contributed by atoms with Gasteiger partial charge < -0.3 is 9.47 Å². The highest BCUT2D eigenvalue weighted by Gasteiger charge is 2.46. The second-order valence-electron chi connectivity index (χ2n) is 18.7. The molecule has 0 spiro atoms. The number of fused-ring (bicyclic) bond motifs is 9. The molecule has 13 aromatic rings. The number of benzene rings is 12. The lowest BCUT2D eigenvalue weighted by molar-refractivity contribution is 0.767. The van der Waals surface area contributed by atoms with Gasteiger partial charge in [0.15, 0.2) is 0 Å². The van der Waals surface area contributed by atoms with Crippen molar-refractivity contribution in [1.29, 1.82) is 0 Å². The zero-order valence-electron chi connectivity index (χ0n) is 39.0. The van der Waals surface area contributed by atoms with Crippen molar-refractivity contribution in [3.8, 4) is 39.1 Å². The molecule has 0 fully saturated rings. The Morgan fingerprint density at radius 3 is 1.45 bits per heavy atom. The lowest BCUT2D eigenvalue weighted by atomic mass is 9.67. The Hall–Kier alpha value is -9.24. The largest absolute Gasteiger partial charge is 0.310 e. The average Bonchev–Trinajstić information content (AvgIpc) is 3.93. The van der Waals surface area contributed by atoms with Crippen molar-refractivity contribution in [3.63, 3.8) is 0 Å². The van der Waals surface area contributed by atoms with Gasteiger partial charge in [0.05, 0.1) is 22.1 Å². The van der Waals surface area contributed by atoms with Gasteiger partial charge >= 0.3 is 0 Å². The van der Waals surface area contributed by atoms with Gasteiger partial charge in [0.1, 0.15) is 0 Å². The Morgan fingerprint density at radius 2 is 0.789 bits per heavy atom. The maximum Gasteiger partial charge on any atom is 0.0714 e. The van der Waals surface area contributed by atoms with Crippen molar-refractivity contribution in [2.75, 3.05) is 4.90 Å². The van der Waals surface area contributed by atoms with Crippen LogP contribution in [0.25, 0.3) is 82.4 Å². The van der Waals surface area contributed by atoms with Gasteiger partial charge in [-0.05, 0) is 132 Å². The quantitative estimate of drug-likeness (QED) is 0.147. The molecule has 0 bridgehead atoms. The Kier molecular flexibility index (Phi) is 9.47. The van der Waals surface area contributed by atoms with Crippen LogP contribution in [-0.4, -0.2) is 4.57 Å². The summed E-state index contributed by atoms with van der Waals surface area (Å²) in [6.07, 6.45) is 0. The van der Waals surface area contributed by atoms with E-state index in [1.807, 2.05) is 0 Å². The van der Waals surface area contributed by atoms with Gasteiger partial charge in [0.2, 0.25) is 0 Å². The molecule has 0 saturated carbocycles. The number of nitrogens with zero attached hydrogens (tertiary/aromatic N) is 2. The molecular formula is C69H46N2. The summed E-state index contributed by atoms with van der Waals surface area (Å²) in [6, 6.07) is 103. The molecule has 1 aliphatic rings.